The minimum absolute atomic E-state index is 0. The van der Waals surface area contributed by atoms with Gasteiger partial charge in [-0.15, -0.1) is 24.0 Å². The summed E-state index contributed by atoms with van der Waals surface area (Å²) in [5.41, 5.74) is 0.202. The number of rotatable bonds is 7. The quantitative estimate of drug-likeness (QED) is 0.332. The summed E-state index contributed by atoms with van der Waals surface area (Å²) >= 11 is 0. The number of aliphatic imine (C=N–C) groups is 1. The van der Waals surface area contributed by atoms with E-state index in [-0.39, 0.29) is 30.0 Å². The third-order valence-electron chi connectivity index (χ3n) is 4.42. The highest BCUT2D eigenvalue weighted by Gasteiger charge is 2.31. The molecule has 1 aliphatic heterocycles. The van der Waals surface area contributed by atoms with E-state index in [1.165, 1.54) is 0 Å². The van der Waals surface area contributed by atoms with E-state index in [0.717, 1.165) is 56.3 Å². The molecule has 1 aliphatic rings. The predicted octanol–water partition coefficient (Wildman–Crippen LogP) is 3.66. The Labute approximate surface area is 182 Å². The highest BCUT2D eigenvalue weighted by molar-refractivity contribution is 14.0. The van der Waals surface area contributed by atoms with Gasteiger partial charge in [0, 0.05) is 26.2 Å². The summed E-state index contributed by atoms with van der Waals surface area (Å²) in [6.07, 6.45) is -3.34. The number of morpholine rings is 1. The fourth-order valence-electron chi connectivity index (χ4n) is 2.98. The van der Waals surface area contributed by atoms with Crippen LogP contribution in [0.1, 0.15) is 37.4 Å². The lowest BCUT2D eigenvalue weighted by atomic mass is 10.0. The van der Waals surface area contributed by atoms with Crippen LogP contribution in [0.2, 0.25) is 0 Å². The Bertz CT molecular complexity index is 590. The lowest BCUT2D eigenvalue weighted by molar-refractivity contribution is -0.137. The molecule has 0 radical (unpaired) electrons. The van der Waals surface area contributed by atoms with Gasteiger partial charge in [-0.1, -0.05) is 19.1 Å². The maximum Gasteiger partial charge on any atom is 0.416 e. The number of guanidine groups is 1. The molecule has 1 atom stereocenters. The van der Waals surface area contributed by atoms with Crippen molar-refractivity contribution in [2.45, 2.75) is 32.5 Å². The molecule has 1 fully saturated rings. The van der Waals surface area contributed by atoms with Crippen molar-refractivity contribution in [3.8, 4) is 0 Å². The van der Waals surface area contributed by atoms with Gasteiger partial charge in [0.25, 0.3) is 0 Å². The van der Waals surface area contributed by atoms with Gasteiger partial charge in [0.1, 0.15) is 0 Å². The largest absolute Gasteiger partial charge is 0.416 e. The molecule has 9 heteroatoms. The highest BCUT2D eigenvalue weighted by atomic mass is 127. The van der Waals surface area contributed by atoms with Gasteiger partial charge in [0.2, 0.25) is 0 Å². The van der Waals surface area contributed by atoms with Crippen LogP contribution in [0.5, 0.6) is 0 Å². The number of benzene rings is 1. The molecule has 2 N–H and O–H groups in total. The van der Waals surface area contributed by atoms with E-state index in [4.69, 9.17) is 4.74 Å². The molecular weight excluding hydrogens is 484 g/mol. The van der Waals surface area contributed by atoms with E-state index < -0.39 is 11.7 Å². The second kappa shape index (κ2) is 12.5. The van der Waals surface area contributed by atoms with Gasteiger partial charge >= 0.3 is 6.18 Å². The van der Waals surface area contributed by atoms with E-state index in [1.807, 2.05) is 6.92 Å². The number of halogens is 4. The molecule has 0 aliphatic carbocycles. The minimum Gasteiger partial charge on any atom is -0.379 e. The Hall–Kier alpha value is -1.07. The first-order valence-corrected chi connectivity index (χ1v) is 9.46. The molecule has 0 bridgehead atoms. The summed E-state index contributed by atoms with van der Waals surface area (Å²) in [5.74, 6) is 0.726. The zero-order valence-corrected chi connectivity index (χ0v) is 18.7. The summed E-state index contributed by atoms with van der Waals surface area (Å²) < 4.78 is 44.0. The van der Waals surface area contributed by atoms with E-state index in [1.54, 1.807) is 12.1 Å². The summed E-state index contributed by atoms with van der Waals surface area (Å²) in [6.45, 7) is 8.81. The number of ether oxygens (including phenoxy) is 1. The van der Waals surface area contributed by atoms with Gasteiger partial charge in [0.15, 0.2) is 5.96 Å². The van der Waals surface area contributed by atoms with Crippen molar-refractivity contribution < 1.29 is 17.9 Å². The molecule has 160 valence electrons. The van der Waals surface area contributed by atoms with Crippen molar-refractivity contribution in [2.24, 2.45) is 4.99 Å². The van der Waals surface area contributed by atoms with Gasteiger partial charge in [-0.2, -0.15) is 13.2 Å². The SMILES string of the molecule is CCCNC(=NCC(c1ccc(C(F)(F)F)cc1)N1CCOCC1)NCC.I. The van der Waals surface area contributed by atoms with Crippen molar-refractivity contribution in [2.75, 3.05) is 45.9 Å². The van der Waals surface area contributed by atoms with Crippen LogP contribution in [0.25, 0.3) is 0 Å². The highest BCUT2D eigenvalue weighted by Crippen LogP contribution is 2.31. The minimum atomic E-state index is -4.33. The van der Waals surface area contributed by atoms with Crippen LogP contribution in [0.15, 0.2) is 29.3 Å². The molecule has 1 saturated heterocycles. The van der Waals surface area contributed by atoms with Crippen LogP contribution >= 0.6 is 24.0 Å². The zero-order valence-electron chi connectivity index (χ0n) is 16.4. The standard InChI is InChI=1S/C19H29F3N4O.HI/c1-3-9-24-18(23-4-2)25-14-17(26-10-12-27-13-11-26)15-5-7-16(8-6-15)19(20,21)22;/h5-8,17H,3-4,9-14H2,1-2H3,(H2,23,24,25);1H. The monoisotopic (exact) mass is 514 g/mol. The lowest BCUT2D eigenvalue weighted by Gasteiger charge is -2.34. The Kier molecular flexibility index (Phi) is 11.1. The topological polar surface area (TPSA) is 48.9 Å². The number of nitrogens with zero attached hydrogens (tertiary/aromatic N) is 2. The van der Waals surface area contributed by atoms with Gasteiger partial charge in [0.05, 0.1) is 31.4 Å². The first kappa shape index (κ1) is 25.0. The van der Waals surface area contributed by atoms with Crippen LogP contribution < -0.4 is 10.6 Å². The smallest absolute Gasteiger partial charge is 0.379 e. The number of hydrogen-bond donors (Lipinski definition) is 2. The lowest BCUT2D eigenvalue weighted by Crippen LogP contribution is -2.42. The van der Waals surface area contributed by atoms with Gasteiger partial charge < -0.3 is 15.4 Å². The molecule has 1 aromatic rings. The Morgan fingerprint density at radius 3 is 2.32 bits per heavy atom. The predicted molar refractivity (Wildman–Crippen MR) is 116 cm³/mol. The van der Waals surface area contributed by atoms with Crippen LogP contribution in [0, 0.1) is 0 Å². The molecule has 0 saturated carbocycles. The fourth-order valence-corrected chi connectivity index (χ4v) is 2.98. The van der Waals surface area contributed by atoms with Crippen LogP contribution in [0.4, 0.5) is 13.2 Å². The van der Waals surface area contributed by atoms with Crippen molar-refractivity contribution in [3.63, 3.8) is 0 Å². The molecule has 1 aromatic carbocycles. The van der Waals surface area contributed by atoms with Gasteiger partial charge in [-0.3, -0.25) is 9.89 Å². The fraction of sp³-hybridized carbons (Fsp3) is 0.632. The van der Waals surface area contributed by atoms with Crippen molar-refractivity contribution in [3.05, 3.63) is 35.4 Å². The van der Waals surface area contributed by atoms with Crippen molar-refractivity contribution >= 4 is 29.9 Å². The summed E-state index contributed by atoms with van der Waals surface area (Å²) in [7, 11) is 0. The Morgan fingerprint density at radius 2 is 1.79 bits per heavy atom. The van der Waals surface area contributed by atoms with Crippen LogP contribution in [-0.2, 0) is 10.9 Å². The molecule has 1 unspecified atom stereocenters. The van der Waals surface area contributed by atoms with Gasteiger partial charge in [-0.05, 0) is 31.0 Å². The first-order valence-electron chi connectivity index (χ1n) is 9.46. The third kappa shape index (κ3) is 7.75. The summed E-state index contributed by atoms with van der Waals surface area (Å²) in [4.78, 5) is 6.89. The maximum absolute atomic E-state index is 12.9. The molecule has 1 heterocycles. The zero-order chi connectivity index (χ0) is 19.7. The molecule has 2 rings (SSSR count). The average Bonchev–Trinajstić information content (AvgIpc) is 2.66. The Morgan fingerprint density at radius 1 is 1.14 bits per heavy atom. The van der Waals surface area contributed by atoms with Crippen LogP contribution in [0.3, 0.4) is 0 Å². The van der Waals surface area contributed by atoms with E-state index in [9.17, 15) is 13.2 Å². The van der Waals surface area contributed by atoms with Crippen LogP contribution in [-0.4, -0.2) is 56.8 Å². The Balaban J connectivity index is 0.00000392. The summed E-state index contributed by atoms with van der Waals surface area (Å²) in [6, 6.07) is 5.32. The molecule has 28 heavy (non-hydrogen) atoms. The first-order chi connectivity index (χ1) is 13.0. The average molecular weight is 514 g/mol. The van der Waals surface area contributed by atoms with Crippen molar-refractivity contribution in [1.29, 1.82) is 0 Å². The molecule has 5 nitrogen and oxygen atoms in total. The molecule has 0 spiro atoms. The summed E-state index contributed by atoms with van der Waals surface area (Å²) in [5, 5.41) is 6.46. The van der Waals surface area contributed by atoms with E-state index >= 15 is 0 Å². The number of nitrogens with one attached hydrogen (secondary N) is 2. The van der Waals surface area contributed by atoms with Gasteiger partial charge in [-0.25, -0.2) is 0 Å². The number of hydrogen-bond acceptors (Lipinski definition) is 3. The van der Waals surface area contributed by atoms with E-state index in [2.05, 4.69) is 27.4 Å². The normalized spacial score (nSPS) is 17.0. The van der Waals surface area contributed by atoms with Crippen molar-refractivity contribution in [1.82, 2.24) is 15.5 Å². The third-order valence-corrected chi connectivity index (χ3v) is 4.42. The molecule has 0 aromatic heterocycles. The second-order valence-electron chi connectivity index (χ2n) is 6.43. The van der Waals surface area contributed by atoms with E-state index in [0.29, 0.717) is 19.8 Å². The molecular formula is C19H30F3IN4O. The number of alkyl halides is 3. The molecule has 0 amide bonds. The second-order valence-corrected chi connectivity index (χ2v) is 6.43. The maximum atomic E-state index is 12.9.